The fourth-order valence-electron chi connectivity index (χ4n) is 2.20. The van der Waals surface area contributed by atoms with Crippen molar-refractivity contribution in [2.75, 3.05) is 6.61 Å². The minimum absolute atomic E-state index is 0.0874. The first-order valence-electron chi connectivity index (χ1n) is 7.17. The summed E-state index contributed by atoms with van der Waals surface area (Å²) in [5.41, 5.74) is 1.12. The van der Waals surface area contributed by atoms with Crippen LogP contribution in [0.3, 0.4) is 0 Å². The van der Waals surface area contributed by atoms with Crippen molar-refractivity contribution in [3.05, 3.63) is 58.9 Å². The Morgan fingerprint density at radius 1 is 1.14 bits per heavy atom. The third-order valence-corrected chi connectivity index (χ3v) is 3.61. The lowest BCUT2D eigenvalue weighted by Crippen LogP contribution is -2.11. The summed E-state index contributed by atoms with van der Waals surface area (Å²) in [6.07, 6.45) is 3.46. The van der Waals surface area contributed by atoms with Crippen molar-refractivity contribution in [2.24, 2.45) is 0 Å². The number of ketones is 1. The first-order valence-corrected chi connectivity index (χ1v) is 7.55. The Balaban J connectivity index is 1.99. The smallest absolute Gasteiger partial charge is 0.302 e. The van der Waals surface area contributed by atoms with Crippen molar-refractivity contribution >= 4 is 23.4 Å². The fourth-order valence-corrected chi connectivity index (χ4v) is 2.42. The zero-order valence-corrected chi connectivity index (χ0v) is 13.2. The molecule has 0 saturated carbocycles. The maximum Gasteiger partial charge on any atom is 0.302 e. The van der Waals surface area contributed by atoms with Gasteiger partial charge in [0.1, 0.15) is 0 Å². The van der Waals surface area contributed by atoms with Crippen LogP contribution in [0.2, 0.25) is 5.02 Å². The monoisotopic (exact) mass is 319 g/mol. The molecule has 2 aromatic rings. The molecule has 22 heavy (non-hydrogen) atoms. The average molecular weight is 320 g/mol. The second-order valence-electron chi connectivity index (χ2n) is 4.94. The van der Waals surface area contributed by atoms with E-state index in [1.54, 1.807) is 30.3 Å². The Morgan fingerprint density at radius 3 is 2.64 bits per heavy atom. The molecule has 0 aliphatic heterocycles. The number of ether oxygens (including phenoxy) is 1. The lowest BCUT2D eigenvalue weighted by Gasteiger charge is -2.09. The Morgan fingerprint density at radius 2 is 1.91 bits per heavy atom. The molecule has 0 saturated heterocycles. The standard InChI is InChI=1S/C17H18ClNO3/c1-13(20)22-12-5-4-10-19-11-6-9-16(19)17(21)14-7-2-3-8-15(14)18/h2-3,6-9,11H,4-5,10,12H2,1H3. The largest absolute Gasteiger partial charge is 0.466 e. The molecule has 0 fully saturated rings. The lowest BCUT2D eigenvalue weighted by molar-refractivity contribution is -0.141. The van der Waals surface area contributed by atoms with E-state index >= 15 is 0 Å². The highest BCUT2D eigenvalue weighted by Gasteiger charge is 2.15. The van der Waals surface area contributed by atoms with Gasteiger partial charge in [-0.3, -0.25) is 9.59 Å². The van der Waals surface area contributed by atoms with Crippen LogP contribution in [0.4, 0.5) is 0 Å². The fraction of sp³-hybridized carbons (Fsp3) is 0.294. The molecule has 0 spiro atoms. The number of carbonyl (C=O) groups is 2. The minimum Gasteiger partial charge on any atom is -0.466 e. The summed E-state index contributed by atoms with van der Waals surface area (Å²) in [7, 11) is 0. The number of carbonyl (C=O) groups excluding carboxylic acids is 2. The molecule has 0 aliphatic rings. The number of unbranched alkanes of at least 4 members (excludes halogenated alkanes) is 1. The summed E-state index contributed by atoms with van der Waals surface area (Å²) in [4.78, 5) is 23.2. The van der Waals surface area contributed by atoms with Gasteiger partial charge in [-0.25, -0.2) is 0 Å². The predicted octanol–water partition coefficient (Wildman–Crippen LogP) is 3.72. The summed E-state index contributed by atoms with van der Waals surface area (Å²) in [6, 6.07) is 10.7. The molecule has 1 heterocycles. The number of hydrogen-bond acceptors (Lipinski definition) is 3. The molecule has 0 bridgehead atoms. The molecule has 0 unspecified atom stereocenters. The summed E-state index contributed by atoms with van der Waals surface area (Å²) in [5, 5.41) is 0.454. The topological polar surface area (TPSA) is 48.3 Å². The molecular weight excluding hydrogens is 302 g/mol. The summed E-state index contributed by atoms with van der Waals surface area (Å²) >= 11 is 6.09. The first-order chi connectivity index (χ1) is 10.6. The summed E-state index contributed by atoms with van der Waals surface area (Å²) < 4.78 is 6.79. The van der Waals surface area contributed by atoms with Gasteiger partial charge < -0.3 is 9.30 Å². The second-order valence-corrected chi connectivity index (χ2v) is 5.35. The van der Waals surface area contributed by atoms with Gasteiger partial charge in [0.05, 0.1) is 17.3 Å². The molecule has 0 atom stereocenters. The zero-order chi connectivity index (χ0) is 15.9. The molecule has 4 nitrogen and oxygen atoms in total. The summed E-state index contributed by atoms with van der Waals surface area (Å²) in [6.45, 7) is 2.50. The van der Waals surface area contributed by atoms with Gasteiger partial charge in [0, 0.05) is 25.2 Å². The van der Waals surface area contributed by atoms with E-state index in [4.69, 9.17) is 16.3 Å². The Hall–Kier alpha value is -2.07. The zero-order valence-electron chi connectivity index (χ0n) is 12.4. The van der Waals surface area contributed by atoms with Gasteiger partial charge in [-0.2, -0.15) is 0 Å². The van der Waals surface area contributed by atoms with Gasteiger partial charge >= 0.3 is 5.97 Å². The van der Waals surface area contributed by atoms with Gasteiger partial charge in [-0.05, 0) is 37.1 Å². The highest BCUT2D eigenvalue weighted by atomic mass is 35.5. The molecule has 0 aliphatic carbocycles. The van der Waals surface area contributed by atoms with Crippen molar-refractivity contribution in [3.8, 4) is 0 Å². The molecular formula is C17H18ClNO3. The Bertz CT molecular complexity index is 663. The van der Waals surface area contributed by atoms with Crippen LogP contribution in [0.5, 0.6) is 0 Å². The van der Waals surface area contributed by atoms with Crippen LogP contribution >= 0.6 is 11.6 Å². The van der Waals surface area contributed by atoms with Crippen molar-refractivity contribution in [1.82, 2.24) is 4.57 Å². The Kier molecular flexibility index (Phi) is 5.78. The second kappa shape index (κ2) is 7.80. The van der Waals surface area contributed by atoms with E-state index in [0.29, 0.717) is 29.4 Å². The number of benzene rings is 1. The number of halogens is 1. The van der Waals surface area contributed by atoms with E-state index < -0.39 is 0 Å². The van der Waals surface area contributed by atoms with Crippen LogP contribution in [0.1, 0.15) is 35.8 Å². The van der Waals surface area contributed by atoms with E-state index in [9.17, 15) is 9.59 Å². The molecule has 1 aromatic carbocycles. The third kappa shape index (κ3) is 4.21. The van der Waals surface area contributed by atoms with Crippen LogP contribution in [-0.4, -0.2) is 22.9 Å². The average Bonchev–Trinajstić information content (AvgIpc) is 2.95. The number of aromatic nitrogens is 1. The van der Waals surface area contributed by atoms with Crippen LogP contribution in [0.15, 0.2) is 42.6 Å². The van der Waals surface area contributed by atoms with Crippen molar-refractivity contribution in [2.45, 2.75) is 26.3 Å². The summed E-state index contributed by atoms with van der Waals surface area (Å²) in [5.74, 6) is -0.355. The van der Waals surface area contributed by atoms with E-state index in [1.165, 1.54) is 6.92 Å². The molecule has 116 valence electrons. The van der Waals surface area contributed by atoms with Crippen LogP contribution < -0.4 is 0 Å². The molecule has 5 heteroatoms. The number of hydrogen-bond donors (Lipinski definition) is 0. The van der Waals surface area contributed by atoms with Gasteiger partial charge in [0.15, 0.2) is 0 Å². The molecule has 0 radical (unpaired) electrons. The first kappa shape index (κ1) is 16.3. The predicted molar refractivity (Wildman–Crippen MR) is 85.2 cm³/mol. The molecule has 0 amide bonds. The van der Waals surface area contributed by atoms with Crippen molar-refractivity contribution in [1.29, 1.82) is 0 Å². The highest BCUT2D eigenvalue weighted by molar-refractivity contribution is 6.34. The van der Waals surface area contributed by atoms with Gasteiger partial charge in [-0.15, -0.1) is 0 Å². The lowest BCUT2D eigenvalue weighted by atomic mass is 10.1. The van der Waals surface area contributed by atoms with Gasteiger partial charge in [-0.1, -0.05) is 23.7 Å². The number of nitrogens with zero attached hydrogens (tertiary/aromatic N) is 1. The maximum atomic E-state index is 12.6. The SMILES string of the molecule is CC(=O)OCCCCn1cccc1C(=O)c1ccccc1Cl. The number of aryl methyl sites for hydroxylation is 1. The molecule has 1 aromatic heterocycles. The van der Waals surface area contributed by atoms with Gasteiger partial charge in [0.2, 0.25) is 5.78 Å². The Labute approximate surface area is 134 Å². The minimum atomic E-state index is -0.268. The number of rotatable bonds is 7. The maximum absolute atomic E-state index is 12.6. The van der Waals surface area contributed by atoms with E-state index in [-0.39, 0.29) is 11.8 Å². The van der Waals surface area contributed by atoms with Crippen molar-refractivity contribution in [3.63, 3.8) is 0 Å². The van der Waals surface area contributed by atoms with Crippen molar-refractivity contribution < 1.29 is 14.3 Å². The van der Waals surface area contributed by atoms with E-state index in [1.807, 2.05) is 16.8 Å². The third-order valence-electron chi connectivity index (χ3n) is 3.28. The number of esters is 1. The molecule has 2 rings (SSSR count). The van der Waals surface area contributed by atoms with Crippen LogP contribution in [0.25, 0.3) is 0 Å². The van der Waals surface area contributed by atoms with Crippen LogP contribution in [0, 0.1) is 0 Å². The molecule has 0 N–H and O–H groups in total. The highest BCUT2D eigenvalue weighted by Crippen LogP contribution is 2.19. The normalized spacial score (nSPS) is 10.5. The van der Waals surface area contributed by atoms with Gasteiger partial charge in [0.25, 0.3) is 0 Å². The van der Waals surface area contributed by atoms with E-state index in [0.717, 1.165) is 12.8 Å². The van der Waals surface area contributed by atoms with E-state index in [2.05, 4.69) is 0 Å². The quantitative estimate of drug-likeness (QED) is 0.444. The van der Waals surface area contributed by atoms with Crippen LogP contribution in [-0.2, 0) is 16.1 Å².